The minimum Gasteiger partial charge on any atom is -0.485 e. The van der Waals surface area contributed by atoms with Crippen molar-refractivity contribution in [2.45, 2.75) is 32.8 Å². The number of para-hydroxylation sites is 2. The minimum absolute atomic E-state index is 0.0329. The highest BCUT2D eigenvalue weighted by Crippen LogP contribution is 2.24. The molecular formula is C15H22F2N2O3. The van der Waals surface area contributed by atoms with Crippen LogP contribution in [0, 0.1) is 5.92 Å². The Balaban J connectivity index is 2.61. The molecule has 3 N–H and O–H groups in total. The summed E-state index contributed by atoms with van der Waals surface area (Å²) >= 11 is 0. The highest BCUT2D eigenvalue weighted by atomic mass is 19.3. The van der Waals surface area contributed by atoms with Crippen molar-refractivity contribution in [3.05, 3.63) is 24.3 Å². The summed E-state index contributed by atoms with van der Waals surface area (Å²) in [6.45, 7) is 4.62. The van der Waals surface area contributed by atoms with E-state index in [0.717, 1.165) is 0 Å². The van der Waals surface area contributed by atoms with E-state index in [9.17, 15) is 18.7 Å². The number of benzene rings is 1. The molecule has 0 spiro atoms. The zero-order chi connectivity index (χ0) is 16.8. The largest absolute Gasteiger partial charge is 0.485 e. The van der Waals surface area contributed by atoms with Gasteiger partial charge in [0, 0.05) is 6.54 Å². The van der Waals surface area contributed by atoms with Crippen molar-refractivity contribution in [2.75, 3.05) is 18.5 Å². The third-order valence-electron chi connectivity index (χ3n) is 3.35. The third-order valence-corrected chi connectivity index (χ3v) is 3.35. The molecule has 0 aliphatic carbocycles. The quantitative estimate of drug-likeness (QED) is 0.724. The van der Waals surface area contributed by atoms with Crippen molar-refractivity contribution >= 4 is 11.7 Å². The topological polar surface area (TPSA) is 70.6 Å². The molecule has 7 heteroatoms. The fourth-order valence-corrected chi connectivity index (χ4v) is 1.48. The van der Waals surface area contributed by atoms with Crippen LogP contribution in [0.15, 0.2) is 24.3 Å². The zero-order valence-electron chi connectivity index (χ0n) is 12.9. The number of nitrogens with one attached hydrogen (secondary N) is 2. The molecular weight excluding hydrogens is 294 g/mol. The van der Waals surface area contributed by atoms with Gasteiger partial charge in [-0.1, -0.05) is 26.0 Å². The van der Waals surface area contributed by atoms with Gasteiger partial charge < -0.3 is 20.5 Å². The molecule has 0 bridgehead atoms. The van der Waals surface area contributed by atoms with Gasteiger partial charge in [-0.05, 0) is 25.0 Å². The molecule has 124 valence electrons. The first-order chi connectivity index (χ1) is 10.2. The molecule has 0 radical (unpaired) electrons. The summed E-state index contributed by atoms with van der Waals surface area (Å²) in [6, 6.07) is 5.75. The van der Waals surface area contributed by atoms with Gasteiger partial charge >= 0.3 is 6.03 Å². The molecule has 1 unspecified atom stereocenters. The number of hydrogen-bond donors (Lipinski definition) is 3. The standard InChI is InChI=1S/C15H22F2N2O3/c1-10(2)15(3,21)9-18-14(20)19-11-6-4-5-7-12(11)22-8-13(16)17/h4-7,10,13,21H,8-9H2,1-3H3,(H2,18,19,20). The molecule has 1 aromatic carbocycles. The van der Waals surface area contributed by atoms with Crippen LogP contribution >= 0.6 is 0 Å². The number of urea groups is 1. The van der Waals surface area contributed by atoms with Gasteiger partial charge in [0.25, 0.3) is 6.43 Å². The summed E-state index contributed by atoms with van der Waals surface area (Å²) in [6.07, 6.45) is -2.59. The zero-order valence-corrected chi connectivity index (χ0v) is 12.9. The highest BCUT2D eigenvalue weighted by Gasteiger charge is 2.25. The van der Waals surface area contributed by atoms with Gasteiger partial charge in [0.2, 0.25) is 0 Å². The highest BCUT2D eigenvalue weighted by molar-refractivity contribution is 5.90. The molecule has 0 fully saturated rings. The Hall–Kier alpha value is -1.89. The van der Waals surface area contributed by atoms with Gasteiger partial charge in [0.05, 0.1) is 11.3 Å². The minimum atomic E-state index is -2.59. The predicted molar refractivity (Wildman–Crippen MR) is 80.4 cm³/mol. The normalized spacial score (nSPS) is 13.8. The lowest BCUT2D eigenvalue weighted by Crippen LogP contribution is -2.45. The average molecular weight is 316 g/mol. The van der Waals surface area contributed by atoms with Gasteiger partial charge in [0.1, 0.15) is 12.4 Å². The smallest absolute Gasteiger partial charge is 0.319 e. The number of anilines is 1. The second-order valence-electron chi connectivity index (χ2n) is 5.52. The van der Waals surface area contributed by atoms with Gasteiger partial charge in [-0.25, -0.2) is 13.6 Å². The number of amides is 2. The average Bonchev–Trinajstić information content (AvgIpc) is 2.44. The molecule has 0 heterocycles. The van der Waals surface area contributed by atoms with Crippen LogP contribution in [0.25, 0.3) is 0 Å². The van der Waals surface area contributed by atoms with Crippen molar-refractivity contribution < 1.29 is 23.4 Å². The number of carbonyl (C=O) groups excluding carboxylic acids is 1. The van der Waals surface area contributed by atoms with Gasteiger partial charge in [-0.2, -0.15) is 0 Å². The van der Waals surface area contributed by atoms with Crippen LogP contribution in [0.3, 0.4) is 0 Å². The first-order valence-corrected chi connectivity index (χ1v) is 6.99. The van der Waals surface area contributed by atoms with E-state index < -0.39 is 24.7 Å². The van der Waals surface area contributed by atoms with Crippen molar-refractivity contribution in [1.29, 1.82) is 0 Å². The molecule has 0 saturated carbocycles. The second-order valence-corrected chi connectivity index (χ2v) is 5.52. The maximum Gasteiger partial charge on any atom is 0.319 e. The van der Waals surface area contributed by atoms with E-state index in [1.807, 2.05) is 13.8 Å². The van der Waals surface area contributed by atoms with Crippen molar-refractivity contribution in [2.24, 2.45) is 5.92 Å². The Morgan fingerprint density at radius 3 is 2.59 bits per heavy atom. The molecule has 1 aromatic rings. The summed E-state index contributed by atoms with van der Waals surface area (Å²) in [5, 5.41) is 15.1. The summed E-state index contributed by atoms with van der Waals surface area (Å²) in [5.74, 6) is 0.128. The van der Waals surface area contributed by atoms with Crippen LogP contribution in [-0.4, -0.2) is 36.3 Å². The van der Waals surface area contributed by atoms with Crippen molar-refractivity contribution in [1.82, 2.24) is 5.32 Å². The molecule has 0 saturated heterocycles. The Labute approximate surface area is 128 Å². The second kappa shape index (κ2) is 7.93. The van der Waals surface area contributed by atoms with Crippen LogP contribution in [-0.2, 0) is 0 Å². The summed E-state index contributed by atoms with van der Waals surface area (Å²) in [7, 11) is 0. The summed E-state index contributed by atoms with van der Waals surface area (Å²) < 4.78 is 29.3. The molecule has 1 rings (SSSR count). The maximum absolute atomic E-state index is 12.2. The van der Waals surface area contributed by atoms with E-state index >= 15 is 0 Å². The molecule has 0 aliphatic rings. The fourth-order valence-electron chi connectivity index (χ4n) is 1.48. The maximum atomic E-state index is 12.2. The van der Waals surface area contributed by atoms with Crippen LogP contribution in [0.1, 0.15) is 20.8 Å². The molecule has 22 heavy (non-hydrogen) atoms. The summed E-state index contributed by atoms with van der Waals surface area (Å²) in [5.41, 5.74) is -0.756. The van der Waals surface area contributed by atoms with Gasteiger partial charge in [-0.3, -0.25) is 0 Å². The predicted octanol–water partition coefficient (Wildman–Crippen LogP) is 2.86. The lowest BCUT2D eigenvalue weighted by atomic mass is 9.93. The molecule has 5 nitrogen and oxygen atoms in total. The Bertz CT molecular complexity index is 493. The van der Waals surface area contributed by atoms with E-state index in [1.54, 1.807) is 25.1 Å². The number of alkyl halides is 2. The molecule has 0 aliphatic heterocycles. The third kappa shape index (κ3) is 5.85. The molecule has 0 aromatic heterocycles. The molecule has 1 atom stereocenters. The van der Waals surface area contributed by atoms with Crippen molar-refractivity contribution in [3.63, 3.8) is 0 Å². The SMILES string of the molecule is CC(C)C(C)(O)CNC(=O)Nc1ccccc1OCC(F)F. The van der Waals surface area contributed by atoms with E-state index in [4.69, 9.17) is 4.74 Å². The monoisotopic (exact) mass is 316 g/mol. The van der Waals surface area contributed by atoms with Crippen LogP contribution in [0.4, 0.5) is 19.3 Å². The number of aliphatic hydroxyl groups is 1. The lowest BCUT2D eigenvalue weighted by Gasteiger charge is -2.27. The summed E-state index contributed by atoms with van der Waals surface area (Å²) in [4.78, 5) is 11.8. The first kappa shape index (κ1) is 18.2. The Morgan fingerprint density at radius 1 is 1.36 bits per heavy atom. The fraction of sp³-hybridized carbons (Fsp3) is 0.533. The number of carbonyl (C=O) groups is 1. The van der Waals surface area contributed by atoms with E-state index in [-0.39, 0.29) is 23.9 Å². The van der Waals surface area contributed by atoms with E-state index in [2.05, 4.69) is 10.6 Å². The van der Waals surface area contributed by atoms with E-state index in [0.29, 0.717) is 0 Å². The number of hydrogen-bond acceptors (Lipinski definition) is 3. The molecule has 2 amide bonds. The first-order valence-electron chi connectivity index (χ1n) is 6.99. The van der Waals surface area contributed by atoms with Crippen LogP contribution in [0.2, 0.25) is 0 Å². The van der Waals surface area contributed by atoms with Crippen LogP contribution in [0.5, 0.6) is 5.75 Å². The Morgan fingerprint density at radius 2 is 2.00 bits per heavy atom. The van der Waals surface area contributed by atoms with Gasteiger partial charge in [-0.15, -0.1) is 0 Å². The number of ether oxygens (including phenoxy) is 1. The van der Waals surface area contributed by atoms with Gasteiger partial charge in [0.15, 0.2) is 0 Å². The van der Waals surface area contributed by atoms with Crippen molar-refractivity contribution in [3.8, 4) is 5.75 Å². The number of rotatable bonds is 7. The van der Waals surface area contributed by atoms with E-state index in [1.165, 1.54) is 6.07 Å². The lowest BCUT2D eigenvalue weighted by molar-refractivity contribution is 0.0170. The van der Waals surface area contributed by atoms with Crippen LogP contribution < -0.4 is 15.4 Å². The Kier molecular flexibility index (Phi) is 6.55. The number of halogens is 2.